The second kappa shape index (κ2) is 4.37. The fourth-order valence-electron chi connectivity index (χ4n) is 1.75. The molecule has 0 radical (unpaired) electrons. The van der Waals surface area contributed by atoms with E-state index in [1.807, 2.05) is 19.2 Å². The lowest BCUT2D eigenvalue weighted by atomic mass is 10.1. The summed E-state index contributed by atoms with van der Waals surface area (Å²) in [7, 11) is 0. The van der Waals surface area contributed by atoms with Gasteiger partial charge in [-0.1, -0.05) is 0 Å². The van der Waals surface area contributed by atoms with Gasteiger partial charge in [-0.15, -0.1) is 0 Å². The molecular formula is C10H16N4. The SMILES string of the molecule is CCNc1nccc([C@H]2CCCN2)n1. The minimum atomic E-state index is 0.426. The molecule has 2 N–H and O–H groups in total. The lowest BCUT2D eigenvalue weighted by molar-refractivity contribution is 0.626. The van der Waals surface area contributed by atoms with E-state index < -0.39 is 0 Å². The summed E-state index contributed by atoms with van der Waals surface area (Å²) in [5, 5.41) is 6.55. The van der Waals surface area contributed by atoms with Crippen LogP contribution in [0.15, 0.2) is 12.3 Å². The summed E-state index contributed by atoms with van der Waals surface area (Å²) in [6, 6.07) is 2.42. The van der Waals surface area contributed by atoms with Crippen LogP contribution in [-0.4, -0.2) is 23.1 Å². The highest BCUT2D eigenvalue weighted by atomic mass is 15.1. The van der Waals surface area contributed by atoms with Crippen LogP contribution in [0.25, 0.3) is 0 Å². The molecular weight excluding hydrogens is 176 g/mol. The monoisotopic (exact) mass is 192 g/mol. The maximum Gasteiger partial charge on any atom is 0.222 e. The molecule has 1 aromatic heterocycles. The van der Waals surface area contributed by atoms with Crippen molar-refractivity contribution in [1.82, 2.24) is 15.3 Å². The Morgan fingerprint density at radius 3 is 3.29 bits per heavy atom. The quantitative estimate of drug-likeness (QED) is 0.758. The van der Waals surface area contributed by atoms with Crippen molar-refractivity contribution < 1.29 is 0 Å². The number of anilines is 1. The average Bonchev–Trinajstić information content (AvgIpc) is 2.71. The molecule has 0 amide bonds. The molecule has 0 aromatic carbocycles. The van der Waals surface area contributed by atoms with Crippen LogP contribution >= 0.6 is 0 Å². The van der Waals surface area contributed by atoms with E-state index in [-0.39, 0.29) is 0 Å². The fourth-order valence-corrected chi connectivity index (χ4v) is 1.75. The fraction of sp³-hybridized carbons (Fsp3) is 0.600. The first-order valence-electron chi connectivity index (χ1n) is 5.20. The van der Waals surface area contributed by atoms with Gasteiger partial charge in [-0.2, -0.15) is 0 Å². The molecule has 0 aliphatic carbocycles. The molecule has 1 atom stereocenters. The number of hydrogen-bond acceptors (Lipinski definition) is 4. The van der Waals surface area contributed by atoms with Gasteiger partial charge >= 0.3 is 0 Å². The van der Waals surface area contributed by atoms with Crippen molar-refractivity contribution in [3.8, 4) is 0 Å². The number of aromatic nitrogens is 2. The summed E-state index contributed by atoms with van der Waals surface area (Å²) in [6.07, 6.45) is 4.24. The number of rotatable bonds is 3. The van der Waals surface area contributed by atoms with Gasteiger partial charge in [0.15, 0.2) is 0 Å². The molecule has 4 heteroatoms. The third-order valence-electron chi connectivity index (χ3n) is 2.43. The maximum atomic E-state index is 4.46. The normalized spacial score (nSPS) is 21.1. The summed E-state index contributed by atoms with van der Waals surface area (Å²) in [4.78, 5) is 8.61. The second-order valence-electron chi connectivity index (χ2n) is 3.48. The van der Waals surface area contributed by atoms with Gasteiger partial charge in [0.1, 0.15) is 0 Å². The van der Waals surface area contributed by atoms with E-state index in [0.717, 1.165) is 24.7 Å². The van der Waals surface area contributed by atoms with Crippen molar-refractivity contribution >= 4 is 5.95 Å². The Labute approximate surface area is 84.2 Å². The predicted octanol–water partition coefficient (Wildman–Crippen LogP) is 1.33. The first kappa shape index (κ1) is 9.40. The first-order chi connectivity index (χ1) is 6.90. The van der Waals surface area contributed by atoms with Crippen LogP contribution < -0.4 is 10.6 Å². The van der Waals surface area contributed by atoms with E-state index in [0.29, 0.717) is 6.04 Å². The van der Waals surface area contributed by atoms with Gasteiger partial charge in [0.25, 0.3) is 0 Å². The van der Waals surface area contributed by atoms with E-state index in [1.54, 1.807) is 0 Å². The Bertz CT molecular complexity index is 294. The summed E-state index contributed by atoms with van der Waals surface area (Å²) in [5.74, 6) is 0.735. The number of hydrogen-bond donors (Lipinski definition) is 2. The van der Waals surface area contributed by atoms with Crippen LogP contribution in [0.1, 0.15) is 31.5 Å². The maximum absolute atomic E-state index is 4.46. The van der Waals surface area contributed by atoms with Gasteiger partial charge < -0.3 is 10.6 Å². The molecule has 1 aromatic rings. The van der Waals surface area contributed by atoms with Crippen molar-refractivity contribution in [2.75, 3.05) is 18.4 Å². The molecule has 2 rings (SSSR count). The van der Waals surface area contributed by atoms with Gasteiger partial charge in [-0.3, -0.25) is 0 Å². The molecule has 14 heavy (non-hydrogen) atoms. The summed E-state index contributed by atoms with van der Waals surface area (Å²) >= 11 is 0. The van der Waals surface area contributed by atoms with Crippen molar-refractivity contribution in [2.24, 2.45) is 0 Å². The largest absolute Gasteiger partial charge is 0.354 e. The standard InChI is InChI=1S/C10H16N4/c1-2-11-10-13-7-5-9(14-10)8-4-3-6-12-8/h5,7-8,12H,2-4,6H2,1H3,(H,11,13,14)/t8-/m1/s1. The first-order valence-corrected chi connectivity index (χ1v) is 5.20. The lowest BCUT2D eigenvalue weighted by Gasteiger charge is -2.10. The number of nitrogens with one attached hydrogen (secondary N) is 2. The minimum Gasteiger partial charge on any atom is -0.354 e. The molecule has 0 spiro atoms. The van der Waals surface area contributed by atoms with Crippen molar-refractivity contribution in [3.63, 3.8) is 0 Å². The molecule has 1 aliphatic heterocycles. The van der Waals surface area contributed by atoms with Gasteiger partial charge in [0, 0.05) is 18.8 Å². The molecule has 76 valence electrons. The van der Waals surface area contributed by atoms with Gasteiger partial charge in [0.05, 0.1) is 5.69 Å². The molecule has 1 aliphatic rings. The highest BCUT2D eigenvalue weighted by Crippen LogP contribution is 2.21. The average molecular weight is 192 g/mol. The van der Waals surface area contributed by atoms with E-state index in [2.05, 4.69) is 20.6 Å². The summed E-state index contributed by atoms with van der Waals surface area (Å²) in [6.45, 7) is 4.01. The Kier molecular flexibility index (Phi) is 2.93. The van der Waals surface area contributed by atoms with Crippen LogP contribution in [0.5, 0.6) is 0 Å². The molecule has 1 saturated heterocycles. The summed E-state index contributed by atoms with van der Waals surface area (Å²) in [5.41, 5.74) is 1.11. The molecule has 0 bridgehead atoms. The Balaban J connectivity index is 2.12. The molecule has 0 saturated carbocycles. The predicted molar refractivity (Wildman–Crippen MR) is 56.2 cm³/mol. The zero-order chi connectivity index (χ0) is 9.80. The third-order valence-corrected chi connectivity index (χ3v) is 2.43. The van der Waals surface area contributed by atoms with Crippen LogP contribution in [-0.2, 0) is 0 Å². The van der Waals surface area contributed by atoms with Gasteiger partial charge in [-0.25, -0.2) is 9.97 Å². The highest BCUT2D eigenvalue weighted by molar-refractivity contribution is 5.26. The lowest BCUT2D eigenvalue weighted by Crippen LogP contribution is -2.15. The second-order valence-corrected chi connectivity index (χ2v) is 3.48. The van der Waals surface area contributed by atoms with Crippen LogP contribution in [0.3, 0.4) is 0 Å². The Morgan fingerprint density at radius 2 is 2.57 bits per heavy atom. The van der Waals surface area contributed by atoms with Crippen molar-refractivity contribution in [1.29, 1.82) is 0 Å². The van der Waals surface area contributed by atoms with E-state index in [4.69, 9.17) is 0 Å². The minimum absolute atomic E-state index is 0.426. The van der Waals surface area contributed by atoms with Gasteiger partial charge in [0.2, 0.25) is 5.95 Å². The van der Waals surface area contributed by atoms with E-state index in [1.165, 1.54) is 12.8 Å². The third kappa shape index (κ3) is 2.01. The van der Waals surface area contributed by atoms with E-state index in [9.17, 15) is 0 Å². The van der Waals surface area contributed by atoms with Crippen molar-refractivity contribution in [3.05, 3.63) is 18.0 Å². The molecule has 2 heterocycles. The van der Waals surface area contributed by atoms with Crippen LogP contribution in [0.2, 0.25) is 0 Å². The topological polar surface area (TPSA) is 49.8 Å². The smallest absolute Gasteiger partial charge is 0.222 e. The molecule has 0 unspecified atom stereocenters. The number of nitrogens with zero attached hydrogens (tertiary/aromatic N) is 2. The van der Waals surface area contributed by atoms with Crippen LogP contribution in [0.4, 0.5) is 5.95 Å². The highest BCUT2D eigenvalue weighted by Gasteiger charge is 2.17. The molecule has 1 fully saturated rings. The zero-order valence-corrected chi connectivity index (χ0v) is 8.45. The summed E-state index contributed by atoms with van der Waals surface area (Å²) < 4.78 is 0. The zero-order valence-electron chi connectivity index (χ0n) is 8.45. The molecule has 4 nitrogen and oxygen atoms in total. The Hall–Kier alpha value is -1.16. The Morgan fingerprint density at radius 1 is 1.64 bits per heavy atom. The van der Waals surface area contributed by atoms with Crippen LogP contribution in [0, 0.1) is 0 Å². The van der Waals surface area contributed by atoms with E-state index >= 15 is 0 Å². The van der Waals surface area contributed by atoms with Gasteiger partial charge in [-0.05, 0) is 32.4 Å². The van der Waals surface area contributed by atoms with Crippen molar-refractivity contribution in [2.45, 2.75) is 25.8 Å².